The third-order valence-electron chi connectivity index (χ3n) is 4.11. The van der Waals surface area contributed by atoms with E-state index >= 15 is 0 Å². The summed E-state index contributed by atoms with van der Waals surface area (Å²) in [5.74, 6) is 0.801. The summed E-state index contributed by atoms with van der Waals surface area (Å²) < 4.78 is 5.42. The quantitative estimate of drug-likeness (QED) is 0.896. The van der Waals surface area contributed by atoms with Gasteiger partial charge in [-0.15, -0.1) is 0 Å². The molecule has 0 atom stereocenters. The zero-order chi connectivity index (χ0) is 16.4. The number of ether oxygens (including phenoxy) is 1. The molecule has 1 aliphatic carbocycles. The number of H-pyrrole nitrogens is 1. The average Bonchev–Trinajstić information content (AvgIpc) is 2.98. The van der Waals surface area contributed by atoms with Gasteiger partial charge in [-0.25, -0.2) is 4.98 Å². The molecule has 0 radical (unpaired) electrons. The second-order valence-electron chi connectivity index (χ2n) is 5.68. The van der Waals surface area contributed by atoms with E-state index in [2.05, 4.69) is 21.4 Å². The number of amides is 1. The maximum atomic E-state index is 12.2. The number of methoxy groups -OCH3 is 1. The molecule has 0 saturated heterocycles. The lowest BCUT2D eigenvalue weighted by Gasteiger charge is -2.12. The van der Waals surface area contributed by atoms with Gasteiger partial charge in [0.25, 0.3) is 11.5 Å². The number of aromatic amines is 1. The highest BCUT2D eigenvalue weighted by molar-refractivity contribution is 5.93. The monoisotopic (exact) mass is 313 g/mol. The van der Waals surface area contributed by atoms with E-state index in [0.29, 0.717) is 12.4 Å². The molecule has 3 rings (SSSR count). The second-order valence-corrected chi connectivity index (χ2v) is 5.68. The molecule has 1 heterocycles. The molecule has 0 fully saturated rings. The molecule has 1 aromatic heterocycles. The number of aryl methyl sites for hydroxylation is 3. The SMILES string of the molecule is COc1cc2c(cc1CNC(=O)c1cnc(C)[nH]c1=O)CCC2. The molecule has 0 saturated carbocycles. The fourth-order valence-corrected chi connectivity index (χ4v) is 2.90. The molecular weight excluding hydrogens is 294 g/mol. The van der Waals surface area contributed by atoms with Gasteiger partial charge in [-0.2, -0.15) is 0 Å². The Hall–Kier alpha value is -2.63. The number of carbonyl (C=O) groups is 1. The van der Waals surface area contributed by atoms with Crippen LogP contribution in [0, 0.1) is 6.92 Å². The molecule has 6 nitrogen and oxygen atoms in total. The summed E-state index contributed by atoms with van der Waals surface area (Å²) in [6.07, 6.45) is 4.58. The smallest absolute Gasteiger partial charge is 0.263 e. The van der Waals surface area contributed by atoms with Crippen LogP contribution in [0.15, 0.2) is 23.1 Å². The van der Waals surface area contributed by atoms with Crippen LogP contribution in [-0.2, 0) is 19.4 Å². The Labute approximate surface area is 133 Å². The highest BCUT2D eigenvalue weighted by Crippen LogP contribution is 2.29. The second kappa shape index (κ2) is 6.24. The first-order valence-electron chi connectivity index (χ1n) is 7.61. The van der Waals surface area contributed by atoms with Crippen molar-refractivity contribution >= 4 is 5.91 Å². The molecule has 6 heteroatoms. The van der Waals surface area contributed by atoms with Crippen LogP contribution in [0.1, 0.15) is 39.3 Å². The Morgan fingerprint density at radius 1 is 1.35 bits per heavy atom. The fraction of sp³-hybridized carbons (Fsp3) is 0.353. The van der Waals surface area contributed by atoms with Crippen LogP contribution >= 0.6 is 0 Å². The third kappa shape index (κ3) is 3.11. The van der Waals surface area contributed by atoms with Crippen molar-refractivity contribution in [1.82, 2.24) is 15.3 Å². The number of hydrogen-bond donors (Lipinski definition) is 2. The average molecular weight is 313 g/mol. The summed E-state index contributed by atoms with van der Waals surface area (Å²) in [7, 11) is 1.62. The predicted octanol–water partition coefficient (Wildman–Crippen LogP) is 1.51. The Balaban J connectivity index is 1.78. The number of fused-ring (bicyclic) bond motifs is 1. The Morgan fingerprint density at radius 3 is 2.78 bits per heavy atom. The van der Waals surface area contributed by atoms with Crippen molar-refractivity contribution in [3.05, 3.63) is 56.8 Å². The van der Waals surface area contributed by atoms with Gasteiger partial charge in [-0.1, -0.05) is 6.07 Å². The van der Waals surface area contributed by atoms with E-state index in [4.69, 9.17) is 4.74 Å². The van der Waals surface area contributed by atoms with Crippen molar-refractivity contribution < 1.29 is 9.53 Å². The van der Waals surface area contributed by atoms with E-state index in [9.17, 15) is 9.59 Å². The van der Waals surface area contributed by atoms with Crippen molar-refractivity contribution in [2.24, 2.45) is 0 Å². The summed E-state index contributed by atoms with van der Waals surface area (Å²) in [5.41, 5.74) is 3.12. The largest absolute Gasteiger partial charge is 0.496 e. The summed E-state index contributed by atoms with van der Waals surface area (Å²) in [4.78, 5) is 30.4. The summed E-state index contributed by atoms with van der Waals surface area (Å²) >= 11 is 0. The van der Waals surface area contributed by atoms with Gasteiger partial charge in [-0.05, 0) is 43.4 Å². The van der Waals surface area contributed by atoms with Crippen LogP contribution in [0.3, 0.4) is 0 Å². The minimum Gasteiger partial charge on any atom is -0.496 e. The first kappa shape index (κ1) is 15.3. The van der Waals surface area contributed by atoms with Crippen LogP contribution in [0.25, 0.3) is 0 Å². The van der Waals surface area contributed by atoms with E-state index in [1.165, 1.54) is 17.3 Å². The molecule has 0 unspecified atom stereocenters. The topological polar surface area (TPSA) is 84.1 Å². The maximum absolute atomic E-state index is 12.2. The van der Waals surface area contributed by atoms with Crippen LogP contribution in [0.2, 0.25) is 0 Å². The molecule has 0 spiro atoms. The number of nitrogens with zero attached hydrogens (tertiary/aromatic N) is 1. The lowest BCUT2D eigenvalue weighted by Crippen LogP contribution is -2.30. The molecule has 120 valence electrons. The number of benzene rings is 1. The Morgan fingerprint density at radius 2 is 2.09 bits per heavy atom. The van der Waals surface area contributed by atoms with E-state index in [1.807, 2.05) is 6.07 Å². The highest BCUT2D eigenvalue weighted by atomic mass is 16.5. The minimum absolute atomic E-state index is 0.00993. The number of nitrogens with one attached hydrogen (secondary N) is 2. The molecule has 1 amide bonds. The first-order chi connectivity index (χ1) is 11.1. The van der Waals surface area contributed by atoms with Gasteiger partial charge in [0.05, 0.1) is 7.11 Å². The van der Waals surface area contributed by atoms with Gasteiger partial charge < -0.3 is 15.0 Å². The van der Waals surface area contributed by atoms with E-state index in [0.717, 1.165) is 30.6 Å². The summed E-state index contributed by atoms with van der Waals surface area (Å²) in [5, 5.41) is 2.76. The lowest BCUT2D eigenvalue weighted by atomic mass is 10.0. The van der Waals surface area contributed by atoms with E-state index < -0.39 is 11.5 Å². The van der Waals surface area contributed by atoms with E-state index in [-0.39, 0.29) is 5.56 Å². The Bertz CT molecular complexity index is 811. The van der Waals surface area contributed by atoms with Gasteiger partial charge >= 0.3 is 0 Å². The number of carbonyl (C=O) groups excluding carboxylic acids is 1. The molecule has 1 aliphatic rings. The molecule has 1 aromatic carbocycles. The standard InChI is InChI=1S/C17H19N3O3/c1-10-18-9-14(17(22)20-10)16(21)19-8-13-6-11-4-3-5-12(11)7-15(13)23-2/h6-7,9H,3-5,8H2,1-2H3,(H,19,21)(H,18,20,22). The van der Waals surface area contributed by atoms with E-state index in [1.54, 1.807) is 14.0 Å². The third-order valence-corrected chi connectivity index (χ3v) is 4.11. The highest BCUT2D eigenvalue weighted by Gasteiger charge is 2.16. The van der Waals surface area contributed by atoms with Gasteiger partial charge in [0.15, 0.2) is 0 Å². The number of aromatic nitrogens is 2. The molecular formula is C17H19N3O3. The van der Waals surface area contributed by atoms with Crippen LogP contribution < -0.4 is 15.6 Å². The first-order valence-corrected chi connectivity index (χ1v) is 7.61. The van der Waals surface area contributed by atoms with Gasteiger partial charge in [0.2, 0.25) is 0 Å². The zero-order valence-electron chi connectivity index (χ0n) is 13.2. The van der Waals surface area contributed by atoms with Gasteiger partial charge in [0.1, 0.15) is 17.1 Å². The van der Waals surface area contributed by atoms with Gasteiger partial charge in [-0.3, -0.25) is 9.59 Å². The van der Waals surface area contributed by atoms with Crippen molar-refractivity contribution in [2.75, 3.05) is 7.11 Å². The summed E-state index contributed by atoms with van der Waals surface area (Å²) in [6.45, 7) is 1.97. The number of hydrogen-bond acceptors (Lipinski definition) is 4. The molecule has 23 heavy (non-hydrogen) atoms. The van der Waals surface area contributed by atoms with Crippen molar-refractivity contribution in [3.8, 4) is 5.75 Å². The molecule has 0 bridgehead atoms. The lowest BCUT2D eigenvalue weighted by molar-refractivity contribution is 0.0948. The fourth-order valence-electron chi connectivity index (χ4n) is 2.90. The normalized spacial score (nSPS) is 12.8. The molecule has 2 N–H and O–H groups in total. The zero-order valence-corrected chi connectivity index (χ0v) is 13.2. The van der Waals surface area contributed by atoms with Crippen molar-refractivity contribution in [3.63, 3.8) is 0 Å². The van der Waals surface area contributed by atoms with Crippen LogP contribution in [0.5, 0.6) is 5.75 Å². The summed E-state index contributed by atoms with van der Waals surface area (Å²) in [6, 6.07) is 4.13. The Kier molecular flexibility index (Phi) is 4.14. The van der Waals surface area contributed by atoms with Crippen LogP contribution in [0.4, 0.5) is 0 Å². The maximum Gasteiger partial charge on any atom is 0.263 e. The molecule has 2 aromatic rings. The van der Waals surface area contributed by atoms with Gasteiger partial charge in [0, 0.05) is 18.3 Å². The molecule has 0 aliphatic heterocycles. The van der Waals surface area contributed by atoms with Crippen molar-refractivity contribution in [2.45, 2.75) is 32.7 Å². The van der Waals surface area contributed by atoms with Crippen molar-refractivity contribution in [1.29, 1.82) is 0 Å². The predicted molar refractivity (Wildman–Crippen MR) is 85.8 cm³/mol. The number of rotatable bonds is 4. The van der Waals surface area contributed by atoms with Crippen LogP contribution in [-0.4, -0.2) is 23.0 Å². The minimum atomic E-state index is -0.443.